The Morgan fingerprint density at radius 2 is 1.84 bits per heavy atom. The third-order valence-electron chi connectivity index (χ3n) is 2.59. The zero-order valence-electron chi connectivity index (χ0n) is 13.0. The van der Waals surface area contributed by atoms with Crippen molar-refractivity contribution in [3.05, 3.63) is 29.1 Å². The topological polar surface area (TPSA) is 17.1 Å². The van der Waals surface area contributed by atoms with Crippen molar-refractivity contribution >= 4 is 23.8 Å². The van der Waals surface area contributed by atoms with Crippen molar-refractivity contribution in [3.63, 3.8) is 0 Å². The Hall–Kier alpha value is -0.565. The third-order valence-corrected chi connectivity index (χ3v) is 3.58. The molecule has 0 radical (unpaired) electrons. The average molecular weight is 276 g/mol. The van der Waals surface area contributed by atoms with Crippen LogP contribution in [0.25, 0.3) is 0 Å². The summed E-state index contributed by atoms with van der Waals surface area (Å²) in [5, 5.41) is 0.258. The summed E-state index contributed by atoms with van der Waals surface area (Å²) in [5.41, 5.74) is 2.73. The first-order chi connectivity index (χ1) is 8.57. The number of hydrogen-bond acceptors (Lipinski definition) is 2. The van der Waals surface area contributed by atoms with Gasteiger partial charge in [-0.25, -0.2) is 0 Å². The number of carbonyl (C=O) groups excluding carboxylic acids is 1. The molecule has 0 saturated carbocycles. The predicted octanol–water partition coefficient (Wildman–Crippen LogP) is 4.21. The molecule has 0 bridgehead atoms. The average Bonchev–Trinajstić information content (AvgIpc) is 2.15. The van der Waals surface area contributed by atoms with Crippen molar-refractivity contribution in [2.24, 2.45) is 5.41 Å². The molecular weight excluding hydrogens is 251 g/mol. The summed E-state index contributed by atoms with van der Waals surface area (Å²) in [6, 6.07) is 4.11. The van der Waals surface area contributed by atoms with Crippen LogP contribution < -0.4 is 0 Å². The maximum absolute atomic E-state index is 12.1. The Morgan fingerprint density at radius 3 is 2.37 bits per heavy atom. The van der Waals surface area contributed by atoms with Gasteiger partial charge >= 0.3 is 122 Å². The minimum atomic E-state index is -0.00391. The van der Waals surface area contributed by atoms with Crippen LogP contribution >= 0.6 is 11.8 Å². The van der Waals surface area contributed by atoms with Gasteiger partial charge in [-0.1, -0.05) is 0 Å². The van der Waals surface area contributed by atoms with Gasteiger partial charge in [0.05, 0.1) is 0 Å². The van der Waals surface area contributed by atoms with E-state index in [9.17, 15) is 4.79 Å². The van der Waals surface area contributed by atoms with Gasteiger partial charge in [-0.15, -0.1) is 0 Å². The standard InChI is InChI=1S/C16H25BOS/c1-15(2,3)11-13-12(8-7-9-17-13)10-14(18)19-16(4,5)6/h7-9H,10-11H2,1-6H3. The van der Waals surface area contributed by atoms with Crippen LogP contribution in [-0.2, 0) is 17.6 Å². The zero-order chi connectivity index (χ0) is 14.7. The molecule has 0 unspecified atom stereocenters. The molecule has 0 aliphatic heterocycles. The van der Waals surface area contributed by atoms with E-state index in [0.717, 1.165) is 6.42 Å². The Kier molecular flexibility index (Phi) is 5.43. The van der Waals surface area contributed by atoms with Gasteiger partial charge in [0.1, 0.15) is 0 Å². The number of carbonyl (C=O) groups is 1. The van der Waals surface area contributed by atoms with Crippen molar-refractivity contribution in [1.82, 2.24) is 0 Å². The Morgan fingerprint density at radius 1 is 1.21 bits per heavy atom. The van der Waals surface area contributed by atoms with Crippen molar-refractivity contribution < 1.29 is 4.79 Å². The molecule has 1 heterocycles. The summed E-state index contributed by atoms with van der Waals surface area (Å²) in [6.45, 7) is 15.1. The molecule has 0 fully saturated rings. The first kappa shape index (κ1) is 16.5. The molecular formula is C16H25BOS. The van der Waals surface area contributed by atoms with E-state index in [1.807, 2.05) is 6.07 Å². The third kappa shape index (κ3) is 6.96. The van der Waals surface area contributed by atoms with Crippen LogP contribution in [0, 0.1) is 5.41 Å². The fraction of sp³-hybridized carbons (Fsp3) is 0.625. The van der Waals surface area contributed by atoms with Gasteiger partial charge in [0.2, 0.25) is 0 Å². The summed E-state index contributed by atoms with van der Waals surface area (Å²) in [5.74, 6) is 2.06. The van der Waals surface area contributed by atoms with E-state index in [1.54, 1.807) is 0 Å². The first-order valence-electron chi connectivity index (χ1n) is 6.85. The summed E-state index contributed by atoms with van der Waals surface area (Å²) >= 11 is 1.44. The summed E-state index contributed by atoms with van der Waals surface area (Å²) in [7, 11) is 0. The summed E-state index contributed by atoms with van der Waals surface area (Å²) in [4.78, 5) is 12.1. The van der Waals surface area contributed by atoms with E-state index >= 15 is 0 Å². The van der Waals surface area contributed by atoms with Crippen LogP contribution in [0.4, 0.5) is 0 Å². The minimum absolute atomic E-state index is 0.00391. The Balaban J connectivity index is 2.81. The van der Waals surface area contributed by atoms with E-state index in [0.29, 0.717) is 6.42 Å². The second kappa shape index (κ2) is 6.26. The first-order valence-corrected chi connectivity index (χ1v) is 7.67. The SMILES string of the molecule is CC(C)(C)Cc1bcccc1CC(=O)SC(C)(C)C. The fourth-order valence-corrected chi connectivity index (χ4v) is 2.92. The van der Waals surface area contributed by atoms with Crippen molar-refractivity contribution in [2.75, 3.05) is 0 Å². The fourth-order valence-electron chi connectivity index (χ4n) is 2.01. The monoisotopic (exact) mass is 276 g/mol. The van der Waals surface area contributed by atoms with Crippen LogP contribution in [0.15, 0.2) is 18.1 Å². The second-order valence-corrected chi connectivity index (χ2v) is 9.15. The van der Waals surface area contributed by atoms with Crippen LogP contribution in [0.5, 0.6) is 0 Å². The predicted molar refractivity (Wildman–Crippen MR) is 87.0 cm³/mol. The second-order valence-electron chi connectivity index (χ2n) is 7.27. The van der Waals surface area contributed by atoms with Gasteiger partial charge in [-0.05, 0) is 0 Å². The van der Waals surface area contributed by atoms with Crippen LogP contribution in [0.3, 0.4) is 0 Å². The molecule has 0 atom stereocenters. The van der Waals surface area contributed by atoms with Gasteiger partial charge in [0, 0.05) is 0 Å². The van der Waals surface area contributed by atoms with Crippen LogP contribution in [0.2, 0.25) is 0 Å². The van der Waals surface area contributed by atoms with Crippen molar-refractivity contribution in [1.29, 1.82) is 0 Å². The van der Waals surface area contributed by atoms with Gasteiger partial charge in [-0.2, -0.15) is 0 Å². The molecule has 0 aromatic carbocycles. The number of hydrogen-bond donors (Lipinski definition) is 0. The van der Waals surface area contributed by atoms with E-state index in [2.05, 4.69) is 60.5 Å². The summed E-state index contributed by atoms with van der Waals surface area (Å²) in [6.07, 6.45) is 1.55. The molecule has 1 aromatic rings. The molecule has 1 rings (SSSR count). The molecule has 1 nitrogen and oxygen atoms in total. The molecule has 104 valence electrons. The Bertz CT molecular complexity index is 441. The molecule has 3 heteroatoms. The molecule has 19 heavy (non-hydrogen) atoms. The van der Waals surface area contributed by atoms with E-state index < -0.39 is 0 Å². The quantitative estimate of drug-likeness (QED) is 0.822. The molecule has 0 saturated heterocycles. The van der Waals surface area contributed by atoms with Gasteiger partial charge in [0.25, 0.3) is 0 Å². The molecule has 0 spiro atoms. The molecule has 0 N–H and O–H groups in total. The molecule has 0 amide bonds. The van der Waals surface area contributed by atoms with Gasteiger partial charge in [-0.3, -0.25) is 0 Å². The van der Waals surface area contributed by atoms with E-state index in [-0.39, 0.29) is 15.3 Å². The molecule has 0 aliphatic rings. The van der Waals surface area contributed by atoms with Crippen molar-refractivity contribution in [3.8, 4) is 0 Å². The van der Waals surface area contributed by atoms with E-state index in [4.69, 9.17) is 0 Å². The Labute approximate surface area is 122 Å². The normalized spacial score (nSPS) is 12.3. The van der Waals surface area contributed by atoms with Gasteiger partial charge < -0.3 is 0 Å². The number of rotatable bonds is 3. The number of thioether (sulfide) groups is 1. The molecule has 1 aromatic heterocycles. The summed E-state index contributed by atoms with van der Waals surface area (Å²) < 4.78 is -0.00391. The maximum atomic E-state index is 12.1. The van der Waals surface area contributed by atoms with Gasteiger partial charge in [0.15, 0.2) is 0 Å². The van der Waals surface area contributed by atoms with E-state index in [1.165, 1.54) is 22.8 Å². The van der Waals surface area contributed by atoms with Crippen LogP contribution in [-0.4, -0.2) is 16.8 Å². The molecule has 0 aliphatic carbocycles. The zero-order valence-corrected chi connectivity index (χ0v) is 13.9. The van der Waals surface area contributed by atoms with Crippen molar-refractivity contribution in [2.45, 2.75) is 59.1 Å². The van der Waals surface area contributed by atoms with Crippen LogP contribution in [0.1, 0.15) is 52.6 Å².